The Morgan fingerprint density at radius 3 is 2.72 bits per heavy atom. The van der Waals surface area contributed by atoms with Crippen LogP contribution in [0.25, 0.3) is 16.7 Å². The minimum Gasteiger partial charge on any atom is -0.507 e. The second-order valence-corrected chi connectivity index (χ2v) is 15.8. The van der Waals surface area contributed by atoms with E-state index in [2.05, 4.69) is 51.1 Å². The maximum Gasteiger partial charge on any atom is 0.191 e. The van der Waals surface area contributed by atoms with Crippen molar-refractivity contribution in [2.75, 3.05) is 13.2 Å². The van der Waals surface area contributed by atoms with Gasteiger partial charge in [-0.15, -0.1) is 0 Å². The molecule has 1 aliphatic carbocycles. The van der Waals surface area contributed by atoms with Crippen molar-refractivity contribution in [3.63, 3.8) is 0 Å². The molecule has 1 atom stereocenters. The van der Waals surface area contributed by atoms with Gasteiger partial charge in [-0.05, 0) is 92.8 Å². The van der Waals surface area contributed by atoms with Gasteiger partial charge < -0.3 is 14.3 Å². The van der Waals surface area contributed by atoms with Crippen LogP contribution in [0.2, 0.25) is 18.1 Å². The molecule has 32 heavy (non-hydrogen) atoms. The molecule has 176 valence electrons. The predicted octanol–water partition coefficient (Wildman–Crippen LogP) is 7.14. The van der Waals surface area contributed by atoms with E-state index in [4.69, 9.17) is 9.16 Å². The van der Waals surface area contributed by atoms with E-state index in [1.54, 1.807) is 0 Å². The minimum atomic E-state index is -1.72. The lowest BCUT2D eigenvalue weighted by molar-refractivity contribution is -0.0366. The summed E-state index contributed by atoms with van der Waals surface area (Å²) >= 11 is 0. The number of aromatic nitrogens is 2. The molecule has 5 nitrogen and oxygen atoms in total. The van der Waals surface area contributed by atoms with Crippen LogP contribution in [-0.4, -0.2) is 36.4 Å². The number of allylic oxidation sites excluding steroid dienone is 1. The van der Waals surface area contributed by atoms with Crippen molar-refractivity contribution in [2.24, 2.45) is 0 Å². The summed E-state index contributed by atoms with van der Waals surface area (Å²) in [5.74, 6) is 0.480. The van der Waals surface area contributed by atoms with E-state index in [1.807, 2.05) is 10.9 Å². The molecular formula is C26H40N2O3Si. The highest BCUT2D eigenvalue weighted by atomic mass is 28.4. The standard InChI is InChI=1S/C26H40N2O3Si/c1-26(2,3)32(4,5)31-17-9-11-19-10-8-12-20-21(25(19)29)14-15-23-22(20)18-27-28(23)24-13-6-7-16-30-24/h14-15,18,24,29H,6-13,16-17H2,1-5H3. The third-order valence-corrected chi connectivity index (χ3v) is 12.2. The highest BCUT2D eigenvalue weighted by Crippen LogP contribution is 2.38. The molecule has 1 fully saturated rings. The van der Waals surface area contributed by atoms with Crippen molar-refractivity contribution < 1.29 is 14.3 Å². The zero-order valence-electron chi connectivity index (χ0n) is 20.5. The summed E-state index contributed by atoms with van der Waals surface area (Å²) in [5, 5.41) is 17.3. The number of hydrogen-bond acceptors (Lipinski definition) is 4. The summed E-state index contributed by atoms with van der Waals surface area (Å²) in [4.78, 5) is 0. The van der Waals surface area contributed by atoms with Crippen LogP contribution < -0.4 is 0 Å². The van der Waals surface area contributed by atoms with Gasteiger partial charge in [0.15, 0.2) is 14.5 Å². The normalized spacial score (nSPS) is 20.5. The minimum absolute atomic E-state index is 0.0330. The van der Waals surface area contributed by atoms with Crippen molar-refractivity contribution in [1.29, 1.82) is 0 Å². The second kappa shape index (κ2) is 9.32. The van der Waals surface area contributed by atoms with E-state index >= 15 is 0 Å². The van der Waals surface area contributed by atoms with Crippen LogP contribution in [0.5, 0.6) is 0 Å². The fourth-order valence-corrected chi connectivity index (χ4v) is 5.76. The van der Waals surface area contributed by atoms with Crippen LogP contribution in [0.4, 0.5) is 0 Å². The van der Waals surface area contributed by atoms with Gasteiger partial charge in [-0.2, -0.15) is 5.10 Å². The molecule has 0 radical (unpaired) electrons. The number of aliphatic hydroxyl groups is 1. The molecular weight excluding hydrogens is 416 g/mol. The summed E-state index contributed by atoms with van der Waals surface area (Å²) in [5.41, 5.74) is 4.51. The Morgan fingerprint density at radius 1 is 1.19 bits per heavy atom. The first kappa shape index (κ1) is 23.5. The van der Waals surface area contributed by atoms with Gasteiger partial charge >= 0.3 is 0 Å². The topological polar surface area (TPSA) is 56.5 Å². The predicted molar refractivity (Wildman–Crippen MR) is 133 cm³/mol. The van der Waals surface area contributed by atoms with Crippen LogP contribution in [0.1, 0.15) is 83.1 Å². The van der Waals surface area contributed by atoms with Crippen LogP contribution in [0.3, 0.4) is 0 Å². The Kier molecular flexibility index (Phi) is 6.85. The van der Waals surface area contributed by atoms with Crippen LogP contribution >= 0.6 is 0 Å². The van der Waals surface area contributed by atoms with E-state index in [9.17, 15) is 5.11 Å². The summed E-state index contributed by atoms with van der Waals surface area (Å²) in [6, 6.07) is 4.20. The Morgan fingerprint density at radius 2 is 2.00 bits per heavy atom. The maximum atomic E-state index is 11.2. The van der Waals surface area contributed by atoms with E-state index in [0.717, 1.165) is 74.6 Å². The van der Waals surface area contributed by atoms with Crippen molar-refractivity contribution in [1.82, 2.24) is 9.78 Å². The molecule has 2 aromatic rings. The molecule has 0 amide bonds. The lowest BCUT2D eigenvalue weighted by atomic mass is 9.98. The SMILES string of the molecule is CC(C)(C)[Si](C)(C)OCCCC1=C(O)c2ccc3c(cnn3C3CCCCO3)c2CCC1. The first-order chi connectivity index (χ1) is 15.2. The molecule has 0 bridgehead atoms. The summed E-state index contributed by atoms with van der Waals surface area (Å²) in [6.07, 6.45) is 10.2. The molecule has 1 saturated heterocycles. The number of nitrogens with zero attached hydrogens (tertiary/aromatic N) is 2. The van der Waals surface area contributed by atoms with E-state index in [-0.39, 0.29) is 11.3 Å². The van der Waals surface area contributed by atoms with Gasteiger partial charge in [-0.3, -0.25) is 0 Å². The van der Waals surface area contributed by atoms with Crippen molar-refractivity contribution >= 4 is 25.0 Å². The number of ether oxygens (including phenoxy) is 1. The number of fused-ring (bicyclic) bond motifs is 3. The monoisotopic (exact) mass is 456 g/mol. The Balaban J connectivity index is 1.51. The van der Waals surface area contributed by atoms with Crippen molar-refractivity contribution in [3.8, 4) is 0 Å². The maximum absolute atomic E-state index is 11.2. The number of benzene rings is 1. The second-order valence-electron chi connectivity index (χ2n) is 11.0. The molecule has 1 aromatic carbocycles. The Bertz CT molecular complexity index is 981. The molecule has 0 spiro atoms. The van der Waals surface area contributed by atoms with Gasteiger partial charge in [0, 0.05) is 24.2 Å². The summed E-state index contributed by atoms with van der Waals surface area (Å²) in [7, 11) is -1.72. The van der Waals surface area contributed by atoms with Crippen LogP contribution in [-0.2, 0) is 15.6 Å². The fourth-order valence-electron chi connectivity index (χ4n) is 4.68. The van der Waals surface area contributed by atoms with E-state index < -0.39 is 8.32 Å². The first-order valence-corrected chi connectivity index (χ1v) is 15.3. The highest BCUT2D eigenvalue weighted by Gasteiger charge is 2.36. The molecule has 2 aliphatic rings. The average Bonchev–Trinajstić information content (AvgIpc) is 3.12. The highest BCUT2D eigenvalue weighted by molar-refractivity contribution is 6.74. The molecule has 1 aromatic heterocycles. The Labute approximate surface area is 193 Å². The largest absolute Gasteiger partial charge is 0.507 e. The third kappa shape index (κ3) is 4.68. The summed E-state index contributed by atoms with van der Waals surface area (Å²) < 4.78 is 14.4. The quantitative estimate of drug-likeness (QED) is 0.370. The van der Waals surface area contributed by atoms with Gasteiger partial charge in [0.05, 0.1) is 11.7 Å². The molecule has 2 heterocycles. The van der Waals surface area contributed by atoms with Crippen LogP contribution in [0, 0.1) is 0 Å². The molecule has 6 heteroatoms. The zero-order valence-corrected chi connectivity index (χ0v) is 21.5. The van der Waals surface area contributed by atoms with Gasteiger partial charge in [-0.25, -0.2) is 4.68 Å². The number of aliphatic hydroxyl groups excluding tert-OH is 1. The Hall–Kier alpha value is -1.63. The van der Waals surface area contributed by atoms with Crippen molar-refractivity contribution in [2.45, 2.75) is 96.5 Å². The molecule has 1 N–H and O–H groups in total. The average molecular weight is 457 g/mol. The number of hydrogen-bond donors (Lipinski definition) is 1. The molecule has 1 aliphatic heterocycles. The lowest BCUT2D eigenvalue weighted by Gasteiger charge is -2.36. The number of rotatable bonds is 6. The van der Waals surface area contributed by atoms with Crippen molar-refractivity contribution in [3.05, 3.63) is 35.0 Å². The van der Waals surface area contributed by atoms with Crippen LogP contribution in [0.15, 0.2) is 23.9 Å². The molecule has 0 saturated carbocycles. The van der Waals surface area contributed by atoms with Gasteiger partial charge in [0.1, 0.15) is 5.76 Å². The van der Waals surface area contributed by atoms with E-state index in [1.165, 1.54) is 17.6 Å². The molecule has 1 unspecified atom stereocenters. The molecule has 4 rings (SSSR count). The third-order valence-electron chi connectivity index (χ3n) is 7.71. The lowest BCUT2D eigenvalue weighted by Crippen LogP contribution is -2.40. The first-order valence-electron chi connectivity index (χ1n) is 12.3. The van der Waals surface area contributed by atoms with E-state index in [0.29, 0.717) is 5.76 Å². The smallest absolute Gasteiger partial charge is 0.191 e. The number of aryl methyl sites for hydroxylation is 1. The van der Waals surface area contributed by atoms with Gasteiger partial charge in [0.25, 0.3) is 0 Å². The zero-order chi connectivity index (χ0) is 22.9. The van der Waals surface area contributed by atoms with Gasteiger partial charge in [-0.1, -0.05) is 20.8 Å². The van der Waals surface area contributed by atoms with Gasteiger partial charge in [0.2, 0.25) is 0 Å². The fraction of sp³-hybridized carbons (Fsp3) is 0.654. The summed E-state index contributed by atoms with van der Waals surface area (Å²) in [6.45, 7) is 13.0.